The smallest absolute Gasteiger partial charge is 0.260 e. The number of sulfonamides is 1. The van der Waals surface area contributed by atoms with E-state index in [-0.39, 0.29) is 11.4 Å². The van der Waals surface area contributed by atoms with Crippen LogP contribution in [0.5, 0.6) is 5.75 Å². The van der Waals surface area contributed by atoms with E-state index in [0.29, 0.717) is 10.7 Å². The SMILES string of the molecule is COc1ccc(Cl)cc1N(CC(=O)N/N=C(/C)c1ccc(C)cc1)S(C)(=O)=O. The molecular formula is C19H22ClN3O4S. The second kappa shape index (κ2) is 9.07. The first-order chi connectivity index (χ1) is 13.1. The van der Waals surface area contributed by atoms with Gasteiger partial charge in [-0.25, -0.2) is 13.8 Å². The van der Waals surface area contributed by atoms with Crippen LogP contribution >= 0.6 is 11.6 Å². The largest absolute Gasteiger partial charge is 0.495 e. The fourth-order valence-corrected chi connectivity index (χ4v) is 3.43. The number of nitrogens with one attached hydrogen (secondary N) is 1. The molecule has 0 aliphatic carbocycles. The van der Waals surface area contributed by atoms with Crippen LogP contribution in [0.1, 0.15) is 18.1 Å². The molecule has 9 heteroatoms. The lowest BCUT2D eigenvalue weighted by molar-refractivity contribution is -0.119. The zero-order valence-corrected chi connectivity index (χ0v) is 17.6. The van der Waals surface area contributed by atoms with Gasteiger partial charge < -0.3 is 4.74 Å². The summed E-state index contributed by atoms with van der Waals surface area (Å²) in [5.74, 6) is -0.319. The van der Waals surface area contributed by atoms with Crippen LogP contribution in [0.25, 0.3) is 0 Å². The maximum absolute atomic E-state index is 12.3. The maximum atomic E-state index is 12.3. The number of carbonyl (C=O) groups is 1. The number of benzene rings is 2. The lowest BCUT2D eigenvalue weighted by atomic mass is 10.1. The number of ether oxygens (including phenoxy) is 1. The molecule has 28 heavy (non-hydrogen) atoms. The molecule has 0 aliphatic rings. The third-order valence-electron chi connectivity index (χ3n) is 3.91. The molecule has 2 rings (SSSR count). The van der Waals surface area contributed by atoms with E-state index < -0.39 is 22.5 Å². The summed E-state index contributed by atoms with van der Waals surface area (Å²) >= 11 is 5.99. The van der Waals surface area contributed by atoms with Gasteiger partial charge in [-0.3, -0.25) is 9.10 Å². The van der Waals surface area contributed by atoms with Crippen molar-refractivity contribution in [2.75, 3.05) is 24.2 Å². The Labute approximate surface area is 170 Å². The third-order valence-corrected chi connectivity index (χ3v) is 5.28. The lowest BCUT2D eigenvalue weighted by Crippen LogP contribution is -2.39. The highest BCUT2D eigenvalue weighted by Gasteiger charge is 2.24. The van der Waals surface area contributed by atoms with Gasteiger partial charge in [-0.1, -0.05) is 41.4 Å². The number of hydrazone groups is 1. The van der Waals surface area contributed by atoms with Crippen LogP contribution in [0.3, 0.4) is 0 Å². The van der Waals surface area contributed by atoms with Crippen molar-refractivity contribution in [1.29, 1.82) is 0 Å². The van der Waals surface area contributed by atoms with E-state index in [1.165, 1.54) is 19.2 Å². The maximum Gasteiger partial charge on any atom is 0.260 e. The van der Waals surface area contributed by atoms with Gasteiger partial charge in [-0.05, 0) is 37.6 Å². The highest BCUT2D eigenvalue weighted by Crippen LogP contribution is 2.32. The molecule has 0 saturated carbocycles. The van der Waals surface area contributed by atoms with Gasteiger partial charge in [0.25, 0.3) is 5.91 Å². The summed E-state index contributed by atoms with van der Waals surface area (Å²) in [4.78, 5) is 12.3. The topological polar surface area (TPSA) is 88.1 Å². The van der Waals surface area contributed by atoms with Crippen molar-refractivity contribution in [3.63, 3.8) is 0 Å². The molecule has 0 fully saturated rings. The molecule has 0 bridgehead atoms. The van der Waals surface area contributed by atoms with Crippen LogP contribution in [0.2, 0.25) is 5.02 Å². The van der Waals surface area contributed by atoms with E-state index >= 15 is 0 Å². The molecule has 0 radical (unpaired) electrons. The Kier molecular flexibility index (Phi) is 7.04. The number of rotatable bonds is 7. The Morgan fingerprint density at radius 1 is 1.21 bits per heavy atom. The Hall–Kier alpha value is -2.58. The summed E-state index contributed by atoms with van der Waals surface area (Å²) in [5.41, 5.74) is 5.12. The highest BCUT2D eigenvalue weighted by atomic mass is 35.5. The lowest BCUT2D eigenvalue weighted by Gasteiger charge is -2.23. The molecule has 2 aromatic carbocycles. The van der Waals surface area contributed by atoms with Crippen molar-refractivity contribution in [2.24, 2.45) is 5.10 Å². The fraction of sp³-hybridized carbons (Fsp3) is 0.263. The minimum atomic E-state index is -3.77. The highest BCUT2D eigenvalue weighted by molar-refractivity contribution is 7.92. The molecule has 2 aromatic rings. The molecule has 7 nitrogen and oxygen atoms in total. The minimum absolute atomic E-state index is 0.173. The number of hydrogen-bond acceptors (Lipinski definition) is 5. The first kappa shape index (κ1) is 21.7. The molecule has 0 aromatic heterocycles. The third kappa shape index (κ3) is 5.71. The van der Waals surface area contributed by atoms with Crippen molar-refractivity contribution in [3.05, 3.63) is 58.6 Å². The van der Waals surface area contributed by atoms with Crippen LogP contribution < -0.4 is 14.5 Å². The molecule has 0 heterocycles. The second-order valence-electron chi connectivity index (χ2n) is 6.18. The molecule has 1 N–H and O–H groups in total. The van der Waals surface area contributed by atoms with Crippen molar-refractivity contribution >= 4 is 38.9 Å². The van der Waals surface area contributed by atoms with Crippen molar-refractivity contribution in [2.45, 2.75) is 13.8 Å². The molecular weight excluding hydrogens is 402 g/mol. The zero-order chi connectivity index (χ0) is 20.9. The van der Waals surface area contributed by atoms with Crippen LogP contribution in [0, 0.1) is 6.92 Å². The molecule has 0 saturated heterocycles. The summed E-state index contributed by atoms with van der Waals surface area (Å²) in [6.07, 6.45) is 1.00. The quantitative estimate of drug-likeness (QED) is 0.547. The Morgan fingerprint density at radius 2 is 1.86 bits per heavy atom. The van der Waals surface area contributed by atoms with Gasteiger partial charge in [0.05, 0.1) is 24.8 Å². The fourth-order valence-electron chi connectivity index (χ4n) is 2.41. The van der Waals surface area contributed by atoms with Crippen LogP contribution in [0.15, 0.2) is 47.6 Å². The van der Waals surface area contributed by atoms with E-state index in [1.54, 1.807) is 13.0 Å². The second-order valence-corrected chi connectivity index (χ2v) is 8.53. The first-order valence-corrected chi connectivity index (χ1v) is 10.6. The summed E-state index contributed by atoms with van der Waals surface area (Å²) in [7, 11) is -2.37. The van der Waals surface area contributed by atoms with Gasteiger partial charge in [0.15, 0.2) is 0 Å². The van der Waals surface area contributed by atoms with Crippen molar-refractivity contribution < 1.29 is 17.9 Å². The Bertz CT molecular complexity index is 989. The van der Waals surface area contributed by atoms with E-state index in [0.717, 1.165) is 21.7 Å². The number of anilines is 1. The number of amides is 1. The molecule has 0 unspecified atom stereocenters. The summed E-state index contributed by atoms with van der Waals surface area (Å²) < 4.78 is 30.6. The zero-order valence-electron chi connectivity index (χ0n) is 16.1. The standard InChI is InChI=1S/C19H22ClN3O4S/c1-13-5-7-15(8-6-13)14(2)21-22-19(24)12-23(28(4,25)26)17-11-16(20)9-10-18(17)27-3/h5-11H,12H2,1-4H3,(H,22,24)/b21-14-. The predicted octanol–water partition coefficient (Wildman–Crippen LogP) is 2.96. The van der Waals surface area contributed by atoms with E-state index in [2.05, 4.69) is 10.5 Å². The number of methoxy groups -OCH3 is 1. The normalized spacial score (nSPS) is 11.8. The Balaban J connectivity index is 2.22. The summed E-state index contributed by atoms with van der Waals surface area (Å²) in [5, 5.41) is 4.37. The van der Waals surface area contributed by atoms with Gasteiger partial charge in [-0.15, -0.1) is 0 Å². The van der Waals surface area contributed by atoms with E-state index in [9.17, 15) is 13.2 Å². The Morgan fingerprint density at radius 3 is 2.43 bits per heavy atom. The molecule has 1 amide bonds. The van der Waals surface area contributed by atoms with Crippen LogP contribution in [-0.4, -0.2) is 39.9 Å². The summed E-state index contributed by atoms with van der Waals surface area (Å²) in [6.45, 7) is 3.25. The van der Waals surface area contributed by atoms with Gasteiger partial charge in [-0.2, -0.15) is 5.10 Å². The molecule has 0 spiro atoms. The number of aryl methyl sites for hydroxylation is 1. The molecule has 0 atom stereocenters. The predicted molar refractivity (Wildman–Crippen MR) is 112 cm³/mol. The van der Waals surface area contributed by atoms with Crippen LogP contribution in [0.4, 0.5) is 5.69 Å². The van der Waals surface area contributed by atoms with E-state index in [1.807, 2.05) is 31.2 Å². The van der Waals surface area contributed by atoms with Crippen molar-refractivity contribution in [1.82, 2.24) is 5.43 Å². The van der Waals surface area contributed by atoms with Gasteiger partial charge in [0.1, 0.15) is 12.3 Å². The summed E-state index contributed by atoms with van der Waals surface area (Å²) in [6, 6.07) is 12.2. The van der Waals surface area contributed by atoms with E-state index in [4.69, 9.17) is 16.3 Å². The van der Waals surface area contributed by atoms with Gasteiger partial charge >= 0.3 is 0 Å². The van der Waals surface area contributed by atoms with Gasteiger partial charge in [0, 0.05) is 5.02 Å². The van der Waals surface area contributed by atoms with Crippen molar-refractivity contribution in [3.8, 4) is 5.75 Å². The monoisotopic (exact) mass is 423 g/mol. The molecule has 150 valence electrons. The number of carbonyl (C=O) groups excluding carboxylic acids is 1. The first-order valence-electron chi connectivity index (χ1n) is 8.33. The average molecular weight is 424 g/mol. The van der Waals surface area contributed by atoms with Crippen LogP contribution in [-0.2, 0) is 14.8 Å². The molecule has 0 aliphatic heterocycles. The van der Waals surface area contributed by atoms with Gasteiger partial charge in [0.2, 0.25) is 10.0 Å². The minimum Gasteiger partial charge on any atom is -0.495 e. The number of halogens is 1. The number of nitrogens with zero attached hydrogens (tertiary/aromatic N) is 2. The number of hydrogen-bond donors (Lipinski definition) is 1. The average Bonchev–Trinajstić information content (AvgIpc) is 2.63.